The molecule has 0 radical (unpaired) electrons. The highest BCUT2D eigenvalue weighted by atomic mass is 16.3. The highest BCUT2D eigenvalue weighted by Gasteiger charge is 2.18. The molecule has 0 aromatic carbocycles. The molecule has 106 valence electrons. The zero-order valence-electron chi connectivity index (χ0n) is 11.4. The van der Waals surface area contributed by atoms with Gasteiger partial charge in [-0.15, -0.1) is 10.2 Å². The lowest BCUT2D eigenvalue weighted by molar-refractivity contribution is 0.570. The summed E-state index contributed by atoms with van der Waals surface area (Å²) in [5.41, 5.74) is 1.74. The van der Waals surface area contributed by atoms with Crippen LogP contribution >= 0.6 is 0 Å². The fraction of sp³-hybridized carbons (Fsp3) is 0. The number of furan rings is 2. The molecule has 0 saturated carbocycles. The first-order valence-electron chi connectivity index (χ1n) is 6.66. The van der Waals surface area contributed by atoms with Gasteiger partial charge in [0.15, 0.2) is 17.2 Å². The van der Waals surface area contributed by atoms with Gasteiger partial charge in [0.2, 0.25) is 5.82 Å². The molecule has 4 aromatic rings. The summed E-state index contributed by atoms with van der Waals surface area (Å²) in [4.78, 5) is 8.80. The van der Waals surface area contributed by atoms with Gasteiger partial charge in [0.05, 0.1) is 12.5 Å². The normalized spacial score (nSPS) is 10.7. The largest absolute Gasteiger partial charge is 0.463 e. The third-order valence-corrected chi connectivity index (χ3v) is 3.09. The zero-order chi connectivity index (χ0) is 14.8. The maximum atomic E-state index is 5.46. The van der Waals surface area contributed by atoms with Crippen LogP contribution in [-0.4, -0.2) is 20.2 Å². The molecule has 0 saturated heterocycles. The summed E-state index contributed by atoms with van der Waals surface area (Å²) >= 11 is 0. The molecule has 4 heterocycles. The van der Waals surface area contributed by atoms with Crippen LogP contribution in [0, 0.1) is 0 Å². The van der Waals surface area contributed by atoms with Crippen molar-refractivity contribution in [1.82, 2.24) is 20.2 Å². The molecule has 0 N–H and O–H groups in total. The van der Waals surface area contributed by atoms with Crippen LogP contribution in [0.25, 0.3) is 34.4 Å². The third-order valence-electron chi connectivity index (χ3n) is 3.09. The van der Waals surface area contributed by atoms with E-state index in [4.69, 9.17) is 8.83 Å². The van der Waals surface area contributed by atoms with Crippen LogP contribution in [0.15, 0.2) is 70.0 Å². The van der Waals surface area contributed by atoms with E-state index in [1.165, 1.54) is 0 Å². The van der Waals surface area contributed by atoms with Crippen molar-refractivity contribution in [3.8, 4) is 34.4 Å². The first kappa shape index (κ1) is 12.5. The van der Waals surface area contributed by atoms with Crippen molar-refractivity contribution in [2.45, 2.75) is 0 Å². The average molecular weight is 290 g/mol. The molecule has 0 unspecified atom stereocenters. The Morgan fingerprint density at radius 1 is 0.727 bits per heavy atom. The molecule has 0 amide bonds. The Labute approximate surface area is 125 Å². The van der Waals surface area contributed by atoms with Crippen LogP contribution in [0.1, 0.15) is 0 Å². The van der Waals surface area contributed by atoms with Crippen molar-refractivity contribution in [2.75, 3.05) is 0 Å². The van der Waals surface area contributed by atoms with Gasteiger partial charge in [0, 0.05) is 6.20 Å². The predicted molar refractivity (Wildman–Crippen MR) is 78.5 cm³/mol. The van der Waals surface area contributed by atoms with Crippen LogP contribution in [0.3, 0.4) is 0 Å². The molecule has 6 nitrogen and oxygen atoms in total. The van der Waals surface area contributed by atoms with Crippen molar-refractivity contribution in [3.63, 3.8) is 0 Å². The van der Waals surface area contributed by atoms with E-state index in [0.29, 0.717) is 34.4 Å². The van der Waals surface area contributed by atoms with E-state index in [-0.39, 0.29) is 0 Å². The van der Waals surface area contributed by atoms with Gasteiger partial charge in [-0.25, -0.2) is 4.98 Å². The van der Waals surface area contributed by atoms with Crippen LogP contribution in [-0.2, 0) is 0 Å². The lowest BCUT2D eigenvalue weighted by atomic mass is 10.2. The minimum absolute atomic E-state index is 0.433. The second kappa shape index (κ2) is 5.25. The number of nitrogens with zero attached hydrogens (tertiary/aromatic N) is 4. The highest BCUT2D eigenvalue weighted by molar-refractivity contribution is 5.73. The van der Waals surface area contributed by atoms with Gasteiger partial charge in [0.1, 0.15) is 11.4 Å². The monoisotopic (exact) mass is 290 g/mol. The third kappa shape index (κ3) is 2.16. The summed E-state index contributed by atoms with van der Waals surface area (Å²) in [6, 6.07) is 12.7. The van der Waals surface area contributed by atoms with E-state index in [9.17, 15) is 0 Å². The van der Waals surface area contributed by atoms with Crippen molar-refractivity contribution in [3.05, 3.63) is 61.2 Å². The molecule has 0 aliphatic heterocycles. The van der Waals surface area contributed by atoms with Crippen molar-refractivity contribution >= 4 is 0 Å². The Bertz CT molecular complexity index is 872. The van der Waals surface area contributed by atoms with E-state index in [1.807, 2.05) is 24.3 Å². The number of aromatic nitrogens is 4. The van der Waals surface area contributed by atoms with E-state index >= 15 is 0 Å². The lowest BCUT2D eigenvalue weighted by Gasteiger charge is -2.05. The van der Waals surface area contributed by atoms with Crippen LogP contribution in [0.4, 0.5) is 0 Å². The Morgan fingerprint density at radius 3 is 2.14 bits per heavy atom. The van der Waals surface area contributed by atoms with Gasteiger partial charge in [0.25, 0.3) is 0 Å². The minimum atomic E-state index is 0.433. The number of pyridine rings is 1. The molecule has 0 atom stereocenters. The molecule has 0 fully saturated rings. The van der Waals surface area contributed by atoms with Gasteiger partial charge in [-0.1, -0.05) is 6.07 Å². The van der Waals surface area contributed by atoms with Crippen molar-refractivity contribution in [1.29, 1.82) is 0 Å². The highest BCUT2D eigenvalue weighted by Crippen LogP contribution is 2.30. The van der Waals surface area contributed by atoms with Crippen LogP contribution < -0.4 is 0 Å². The molecule has 4 rings (SSSR count). The first-order chi connectivity index (χ1) is 10.9. The van der Waals surface area contributed by atoms with Gasteiger partial charge in [-0.3, -0.25) is 4.98 Å². The standard InChI is InChI=1S/C16H10N4O2/c1-2-8-17-11(5-1)16-18-14(12-6-3-9-21-12)15(19-20-16)13-7-4-10-22-13/h1-10H. The fourth-order valence-corrected chi connectivity index (χ4v) is 2.09. The minimum Gasteiger partial charge on any atom is -0.463 e. The van der Waals surface area contributed by atoms with Crippen LogP contribution in [0.5, 0.6) is 0 Å². The average Bonchev–Trinajstić information content (AvgIpc) is 3.29. The smallest absolute Gasteiger partial charge is 0.201 e. The Hall–Kier alpha value is -3.28. The fourth-order valence-electron chi connectivity index (χ4n) is 2.09. The summed E-state index contributed by atoms with van der Waals surface area (Å²) in [7, 11) is 0. The molecule has 0 spiro atoms. The molecule has 0 aliphatic rings. The Kier molecular flexibility index (Phi) is 2.97. The quantitative estimate of drug-likeness (QED) is 0.575. The maximum Gasteiger partial charge on any atom is 0.201 e. The van der Waals surface area contributed by atoms with Crippen LogP contribution in [0.2, 0.25) is 0 Å². The summed E-state index contributed by atoms with van der Waals surface area (Å²) in [6.45, 7) is 0. The van der Waals surface area contributed by atoms with Gasteiger partial charge in [-0.05, 0) is 36.4 Å². The first-order valence-corrected chi connectivity index (χ1v) is 6.66. The predicted octanol–water partition coefficient (Wildman–Crippen LogP) is 3.45. The second-order valence-corrected chi connectivity index (χ2v) is 4.50. The van der Waals surface area contributed by atoms with Gasteiger partial charge < -0.3 is 8.83 Å². The molecular formula is C16H10N4O2. The van der Waals surface area contributed by atoms with E-state index < -0.39 is 0 Å². The Morgan fingerprint density at radius 2 is 1.50 bits per heavy atom. The van der Waals surface area contributed by atoms with E-state index in [2.05, 4.69) is 20.2 Å². The van der Waals surface area contributed by atoms with E-state index in [1.54, 1.807) is 36.9 Å². The maximum absolute atomic E-state index is 5.46. The van der Waals surface area contributed by atoms with Crippen molar-refractivity contribution < 1.29 is 8.83 Å². The molecule has 0 aliphatic carbocycles. The Balaban J connectivity index is 1.91. The summed E-state index contributed by atoms with van der Waals surface area (Å²) in [6.07, 6.45) is 4.85. The molecule has 6 heteroatoms. The van der Waals surface area contributed by atoms with E-state index in [0.717, 1.165) is 0 Å². The topological polar surface area (TPSA) is 77.8 Å². The van der Waals surface area contributed by atoms with Gasteiger partial charge in [-0.2, -0.15) is 0 Å². The van der Waals surface area contributed by atoms with Crippen molar-refractivity contribution in [2.24, 2.45) is 0 Å². The molecule has 0 bridgehead atoms. The summed E-state index contributed by atoms with van der Waals surface area (Å²) in [5, 5.41) is 8.40. The zero-order valence-corrected chi connectivity index (χ0v) is 11.4. The summed E-state index contributed by atoms with van der Waals surface area (Å²) < 4.78 is 10.9. The second-order valence-electron chi connectivity index (χ2n) is 4.50. The molecule has 22 heavy (non-hydrogen) atoms. The number of hydrogen-bond acceptors (Lipinski definition) is 6. The number of rotatable bonds is 3. The SMILES string of the molecule is c1ccc(-c2nnc(-c3ccco3)c(-c3ccco3)n2)nc1. The summed E-state index contributed by atoms with van der Waals surface area (Å²) in [5.74, 6) is 1.61. The molecule has 4 aromatic heterocycles. The lowest BCUT2D eigenvalue weighted by Crippen LogP contribution is -1.99. The number of hydrogen-bond donors (Lipinski definition) is 0. The molecular weight excluding hydrogens is 280 g/mol. The van der Waals surface area contributed by atoms with Gasteiger partial charge >= 0.3 is 0 Å².